The molecule has 18 heavy (non-hydrogen) atoms. The minimum absolute atomic E-state index is 0.0200. The number of ether oxygens (including phenoxy) is 2. The molecule has 1 aliphatic carbocycles. The molecule has 0 aromatic heterocycles. The van der Waals surface area contributed by atoms with Gasteiger partial charge in [0.2, 0.25) is 0 Å². The summed E-state index contributed by atoms with van der Waals surface area (Å²) >= 11 is 0. The molecule has 5 nitrogen and oxygen atoms in total. The van der Waals surface area contributed by atoms with Crippen LogP contribution >= 0.6 is 0 Å². The number of benzene rings is 1. The molecule has 0 heterocycles. The van der Waals surface area contributed by atoms with E-state index in [2.05, 4.69) is 9.89 Å². The van der Waals surface area contributed by atoms with Crippen molar-refractivity contribution >= 4 is 11.7 Å². The zero-order valence-electron chi connectivity index (χ0n) is 10.3. The summed E-state index contributed by atoms with van der Waals surface area (Å²) in [6, 6.07) is 5.53. The molecular formula is C13H15NO4. The van der Waals surface area contributed by atoms with Crippen LogP contribution in [0.3, 0.4) is 0 Å². The van der Waals surface area contributed by atoms with Gasteiger partial charge in [-0.25, -0.2) is 0 Å². The fraction of sp³-hybridized carbons (Fsp3) is 0.385. The maximum Gasteiger partial charge on any atom is 0.306 e. The Morgan fingerprint density at radius 2 is 2.28 bits per heavy atom. The van der Waals surface area contributed by atoms with E-state index in [-0.39, 0.29) is 18.3 Å². The lowest BCUT2D eigenvalue weighted by Gasteiger charge is -2.10. The first-order valence-corrected chi connectivity index (χ1v) is 5.65. The Hall–Kier alpha value is -2.04. The van der Waals surface area contributed by atoms with Crippen molar-refractivity contribution in [3.63, 3.8) is 0 Å². The molecule has 5 heteroatoms. The van der Waals surface area contributed by atoms with Gasteiger partial charge < -0.3 is 14.7 Å². The van der Waals surface area contributed by atoms with Crippen LogP contribution in [0.2, 0.25) is 0 Å². The van der Waals surface area contributed by atoms with Crippen molar-refractivity contribution in [3.05, 3.63) is 29.3 Å². The maximum atomic E-state index is 11.4. The number of fused-ring (bicyclic) bond motifs is 1. The third-order valence-electron chi connectivity index (χ3n) is 3.21. The van der Waals surface area contributed by atoms with Gasteiger partial charge in [-0.15, -0.1) is 0 Å². The molecule has 1 aliphatic rings. The van der Waals surface area contributed by atoms with E-state index in [1.54, 1.807) is 7.11 Å². The topological polar surface area (TPSA) is 68.1 Å². The summed E-state index contributed by atoms with van der Waals surface area (Å²) in [5, 5.41) is 12.3. The molecule has 2 rings (SSSR count). The Bertz CT molecular complexity index is 496. The van der Waals surface area contributed by atoms with Crippen molar-refractivity contribution in [2.45, 2.75) is 18.8 Å². The fourth-order valence-electron chi connectivity index (χ4n) is 2.28. The average Bonchev–Trinajstić information content (AvgIpc) is 2.75. The lowest BCUT2D eigenvalue weighted by Crippen LogP contribution is -2.06. The first-order valence-electron chi connectivity index (χ1n) is 5.65. The second-order valence-corrected chi connectivity index (χ2v) is 4.18. The van der Waals surface area contributed by atoms with Crippen LogP contribution in [0.15, 0.2) is 23.4 Å². The number of hydrogen-bond donors (Lipinski definition) is 1. The monoisotopic (exact) mass is 249 g/mol. The third kappa shape index (κ3) is 2.16. The normalized spacial score (nSPS) is 19.7. The van der Waals surface area contributed by atoms with E-state index >= 15 is 0 Å². The predicted molar refractivity (Wildman–Crippen MR) is 65.3 cm³/mol. The van der Waals surface area contributed by atoms with Crippen LogP contribution in [0, 0.1) is 0 Å². The minimum atomic E-state index is -0.270. The third-order valence-corrected chi connectivity index (χ3v) is 3.21. The maximum absolute atomic E-state index is 11.4. The summed E-state index contributed by atoms with van der Waals surface area (Å²) in [4.78, 5) is 11.4. The number of carbonyl (C=O) groups excluding carboxylic acids is 1. The second-order valence-electron chi connectivity index (χ2n) is 4.18. The lowest BCUT2D eigenvalue weighted by molar-refractivity contribution is -0.141. The highest BCUT2D eigenvalue weighted by Gasteiger charge is 2.30. The lowest BCUT2D eigenvalue weighted by atomic mass is 9.98. The molecule has 0 saturated carbocycles. The molecule has 0 spiro atoms. The summed E-state index contributed by atoms with van der Waals surface area (Å²) in [5.41, 5.74) is 2.43. The number of carbonyl (C=O) groups is 1. The van der Waals surface area contributed by atoms with E-state index < -0.39 is 0 Å². The summed E-state index contributed by atoms with van der Waals surface area (Å²) in [7, 11) is 2.96. The van der Waals surface area contributed by atoms with Crippen LogP contribution in [-0.2, 0) is 9.53 Å². The molecule has 1 N–H and O–H groups in total. The Balaban J connectivity index is 2.36. The molecule has 1 aromatic rings. The predicted octanol–water partition coefficient (Wildman–Crippen LogP) is 1.92. The van der Waals surface area contributed by atoms with E-state index in [9.17, 15) is 4.79 Å². The number of nitrogens with zero attached hydrogens (tertiary/aromatic N) is 1. The molecular weight excluding hydrogens is 234 g/mol. The van der Waals surface area contributed by atoms with Gasteiger partial charge in [0.15, 0.2) is 0 Å². The molecule has 0 radical (unpaired) electrons. The highest BCUT2D eigenvalue weighted by Crippen LogP contribution is 2.38. The van der Waals surface area contributed by atoms with Gasteiger partial charge in [-0.3, -0.25) is 4.79 Å². The van der Waals surface area contributed by atoms with E-state index in [1.807, 2.05) is 18.2 Å². The van der Waals surface area contributed by atoms with Gasteiger partial charge in [0.05, 0.1) is 26.4 Å². The van der Waals surface area contributed by atoms with Gasteiger partial charge >= 0.3 is 5.97 Å². The zero-order valence-corrected chi connectivity index (χ0v) is 10.3. The van der Waals surface area contributed by atoms with Crippen LogP contribution in [0.1, 0.15) is 29.9 Å². The van der Waals surface area contributed by atoms with Crippen LogP contribution < -0.4 is 4.74 Å². The second kappa shape index (κ2) is 5.08. The highest BCUT2D eigenvalue weighted by molar-refractivity contribution is 6.05. The first-order chi connectivity index (χ1) is 8.69. The van der Waals surface area contributed by atoms with E-state index in [4.69, 9.17) is 9.94 Å². The van der Waals surface area contributed by atoms with Gasteiger partial charge in [-0.05, 0) is 23.8 Å². The number of oxime groups is 1. The number of methoxy groups -OCH3 is 2. The molecule has 96 valence electrons. The van der Waals surface area contributed by atoms with Gasteiger partial charge in [0, 0.05) is 17.9 Å². The highest BCUT2D eigenvalue weighted by atomic mass is 16.5. The molecule has 0 bridgehead atoms. The van der Waals surface area contributed by atoms with Crippen LogP contribution in [-0.4, -0.2) is 31.1 Å². The fourth-order valence-corrected chi connectivity index (χ4v) is 2.28. The van der Waals surface area contributed by atoms with Gasteiger partial charge in [-0.1, -0.05) is 5.16 Å². The minimum Gasteiger partial charge on any atom is -0.497 e. The molecule has 1 atom stereocenters. The zero-order chi connectivity index (χ0) is 13.1. The van der Waals surface area contributed by atoms with Crippen molar-refractivity contribution < 1.29 is 19.5 Å². The van der Waals surface area contributed by atoms with Crippen molar-refractivity contribution in [1.29, 1.82) is 0 Å². The Morgan fingerprint density at radius 1 is 1.50 bits per heavy atom. The first kappa shape index (κ1) is 12.4. The van der Waals surface area contributed by atoms with Crippen LogP contribution in [0.25, 0.3) is 0 Å². The molecule has 0 aliphatic heterocycles. The number of hydrogen-bond acceptors (Lipinski definition) is 5. The molecule has 0 fully saturated rings. The molecule has 1 aromatic carbocycles. The SMILES string of the molecule is COC(=O)C[C@@H]1C/C(=N/O)c2ccc(OC)cc21. The largest absolute Gasteiger partial charge is 0.497 e. The summed E-state index contributed by atoms with van der Waals surface area (Å²) < 4.78 is 9.85. The van der Waals surface area contributed by atoms with E-state index in [1.165, 1.54) is 7.11 Å². The Morgan fingerprint density at radius 3 is 2.89 bits per heavy atom. The summed E-state index contributed by atoms with van der Waals surface area (Å²) in [6.07, 6.45) is 0.809. The number of esters is 1. The quantitative estimate of drug-likeness (QED) is 0.505. The standard InChI is InChI=1S/C13H15NO4/c1-17-9-3-4-10-11(7-9)8(5-12(10)14-16)6-13(15)18-2/h3-4,7-8,16H,5-6H2,1-2H3/b14-12-/t8-/m0/s1. The van der Waals surface area contributed by atoms with Gasteiger partial charge in [0.25, 0.3) is 0 Å². The Labute approximate surface area is 105 Å². The van der Waals surface area contributed by atoms with Crippen LogP contribution in [0.5, 0.6) is 5.75 Å². The van der Waals surface area contributed by atoms with Gasteiger partial charge in [0.1, 0.15) is 5.75 Å². The van der Waals surface area contributed by atoms with Crippen LogP contribution in [0.4, 0.5) is 0 Å². The summed E-state index contributed by atoms with van der Waals surface area (Å²) in [5.74, 6) is 0.434. The Kier molecular flexibility index (Phi) is 3.50. The van der Waals surface area contributed by atoms with Crippen molar-refractivity contribution in [2.75, 3.05) is 14.2 Å². The average molecular weight is 249 g/mol. The van der Waals surface area contributed by atoms with Crippen molar-refractivity contribution in [3.8, 4) is 5.75 Å². The van der Waals surface area contributed by atoms with Crippen molar-refractivity contribution in [1.82, 2.24) is 0 Å². The molecule has 0 amide bonds. The van der Waals surface area contributed by atoms with E-state index in [0.717, 1.165) is 16.9 Å². The molecule has 0 saturated heterocycles. The molecule has 0 unspecified atom stereocenters. The van der Waals surface area contributed by atoms with Crippen molar-refractivity contribution in [2.24, 2.45) is 5.16 Å². The summed E-state index contributed by atoms with van der Waals surface area (Å²) in [6.45, 7) is 0. The number of rotatable bonds is 3. The van der Waals surface area contributed by atoms with Gasteiger partial charge in [-0.2, -0.15) is 0 Å². The smallest absolute Gasteiger partial charge is 0.306 e. The van der Waals surface area contributed by atoms with E-state index in [0.29, 0.717) is 12.1 Å².